The van der Waals surface area contributed by atoms with Crippen molar-refractivity contribution >= 4 is 28.0 Å². The van der Waals surface area contributed by atoms with E-state index in [2.05, 4.69) is 10.3 Å². The van der Waals surface area contributed by atoms with Gasteiger partial charge in [-0.05, 0) is 31.0 Å². The number of rotatable bonds is 3. The van der Waals surface area contributed by atoms with E-state index in [1.165, 1.54) is 6.07 Å². The number of hydrogen-bond acceptors (Lipinski definition) is 4. The zero-order valence-electron chi connectivity index (χ0n) is 12.7. The number of aryl methyl sites for hydroxylation is 2. The number of nitro groups is 1. The van der Waals surface area contributed by atoms with Gasteiger partial charge in [-0.1, -0.05) is 30.3 Å². The molecule has 6 nitrogen and oxygen atoms in total. The van der Waals surface area contributed by atoms with Gasteiger partial charge in [0.25, 0.3) is 11.2 Å². The average Bonchev–Trinajstić information content (AvgIpc) is 2.53. The third kappa shape index (κ3) is 2.55. The highest BCUT2D eigenvalue weighted by Crippen LogP contribution is 2.29. The van der Waals surface area contributed by atoms with Crippen molar-refractivity contribution < 1.29 is 4.92 Å². The van der Waals surface area contributed by atoms with Crippen molar-refractivity contribution in [2.45, 2.75) is 13.8 Å². The van der Waals surface area contributed by atoms with Crippen LogP contribution in [0.1, 0.15) is 11.1 Å². The number of hydrogen-bond donors (Lipinski definition) is 2. The molecule has 0 amide bonds. The number of nitro benzene ring substituents is 1. The van der Waals surface area contributed by atoms with E-state index in [4.69, 9.17) is 0 Å². The minimum absolute atomic E-state index is 0.0735. The third-order valence-corrected chi connectivity index (χ3v) is 3.88. The van der Waals surface area contributed by atoms with Gasteiger partial charge >= 0.3 is 0 Å². The molecular weight excluding hydrogens is 294 g/mol. The van der Waals surface area contributed by atoms with Crippen LogP contribution in [0.2, 0.25) is 0 Å². The summed E-state index contributed by atoms with van der Waals surface area (Å²) in [5.74, 6) is 0. The van der Waals surface area contributed by atoms with E-state index in [0.29, 0.717) is 5.69 Å². The highest BCUT2D eigenvalue weighted by molar-refractivity contribution is 5.89. The second kappa shape index (κ2) is 5.57. The summed E-state index contributed by atoms with van der Waals surface area (Å²) in [6.45, 7) is 3.75. The van der Waals surface area contributed by atoms with Crippen molar-refractivity contribution in [3.05, 3.63) is 74.1 Å². The molecule has 0 aliphatic heterocycles. The van der Waals surface area contributed by atoms with Crippen LogP contribution in [0.4, 0.5) is 17.1 Å². The van der Waals surface area contributed by atoms with E-state index >= 15 is 0 Å². The smallest absolute Gasteiger partial charge is 0.292 e. The van der Waals surface area contributed by atoms with E-state index in [9.17, 15) is 14.9 Å². The Balaban J connectivity index is 2.19. The Morgan fingerprint density at radius 2 is 1.83 bits per heavy atom. The number of aromatic amines is 1. The second-order valence-electron chi connectivity index (χ2n) is 5.35. The number of aromatic nitrogens is 1. The van der Waals surface area contributed by atoms with Crippen LogP contribution in [0.25, 0.3) is 10.9 Å². The normalized spacial score (nSPS) is 10.7. The number of pyridine rings is 1. The van der Waals surface area contributed by atoms with Gasteiger partial charge in [-0.15, -0.1) is 0 Å². The largest absolute Gasteiger partial charge is 0.345 e. The molecule has 116 valence electrons. The summed E-state index contributed by atoms with van der Waals surface area (Å²) >= 11 is 0. The van der Waals surface area contributed by atoms with Crippen molar-refractivity contribution in [3.63, 3.8) is 0 Å². The lowest BCUT2D eigenvalue weighted by atomic mass is 10.1. The number of benzene rings is 2. The summed E-state index contributed by atoms with van der Waals surface area (Å²) in [6, 6.07) is 12.0. The number of para-hydroxylation sites is 3. The molecule has 2 aromatic carbocycles. The van der Waals surface area contributed by atoms with E-state index in [1.807, 2.05) is 32.0 Å². The van der Waals surface area contributed by atoms with Gasteiger partial charge in [-0.2, -0.15) is 0 Å². The molecular formula is C17H15N3O3. The van der Waals surface area contributed by atoms with Gasteiger partial charge < -0.3 is 10.3 Å². The van der Waals surface area contributed by atoms with Crippen molar-refractivity contribution in [1.29, 1.82) is 0 Å². The molecule has 0 aliphatic carbocycles. The lowest BCUT2D eigenvalue weighted by Gasteiger charge is -2.12. The minimum atomic E-state index is -0.475. The van der Waals surface area contributed by atoms with Gasteiger partial charge in [-0.3, -0.25) is 14.9 Å². The maximum atomic E-state index is 12.4. The van der Waals surface area contributed by atoms with Gasteiger partial charge in [0.2, 0.25) is 0 Å². The standard InChI is InChI=1S/C17H15N3O3/c1-10-6-5-7-12-11(2)16(17(21)19-15(10)12)18-13-8-3-4-9-14(13)20(22)23/h3-9,18H,1-2H3,(H,19,21). The molecule has 1 heterocycles. The van der Waals surface area contributed by atoms with E-state index in [0.717, 1.165) is 22.0 Å². The molecule has 6 heteroatoms. The van der Waals surface area contributed by atoms with Crippen molar-refractivity contribution in [2.75, 3.05) is 5.32 Å². The Labute approximate surface area is 131 Å². The Bertz CT molecular complexity index is 976. The van der Waals surface area contributed by atoms with Gasteiger partial charge in [-0.25, -0.2) is 0 Å². The summed E-state index contributed by atoms with van der Waals surface area (Å²) in [5.41, 5.74) is 2.74. The Morgan fingerprint density at radius 3 is 2.57 bits per heavy atom. The molecule has 23 heavy (non-hydrogen) atoms. The molecule has 0 saturated carbocycles. The van der Waals surface area contributed by atoms with E-state index in [1.54, 1.807) is 18.2 Å². The molecule has 0 spiro atoms. The Hall–Kier alpha value is -3.15. The number of fused-ring (bicyclic) bond motifs is 1. The topological polar surface area (TPSA) is 88.0 Å². The van der Waals surface area contributed by atoms with Gasteiger partial charge in [0, 0.05) is 11.5 Å². The van der Waals surface area contributed by atoms with Crippen LogP contribution in [0, 0.1) is 24.0 Å². The first-order chi connectivity index (χ1) is 11.0. The fourth-order valence-corrected chi connectivity index (χ4v) is 2.65. The fourth-order valence-electron chi connectivity index (χ4n) is 2.65. The molecule has 0 bridgehead atoms. The molecule has 0 aliphatic rings. The van der Waals surface area contributed by atoms with Crippen LogP contribution >= 0.6 is 0 Å². The number of H-pyrrole nitrogens is 1. The molecule has 3 rings (SSSR count). The highest BCUT2D eigenvalue weighted by atomic mass is 16.6. The zero-order chi connectivity index (χ0) is 16.6. The van der Waals surface area contributed by atoms with Crippen molar-refractivity contribution in [1.82, 2.24) is 4.98 Å². The summed E-state index contributed by atoms with van der Waals surface area (Å²) in [6.07, 6.45) is 0. The van der Waals surface area contributed by atoms with E-state index < -0.39 is 4.92 Å². The monoisotopic (exact) mass is 309 g/mol. The first kappa shape index (κ1) is 14.8. The van der Waals surface area contributed by atoms with Gasteiger partial charge in [0.1, 0.15) is 11.4 Å². The third-order valence-electron chi connectivity index (χ3n) is 3.88. The maximum Gasteiger partial charge on any atom is 0.292 e. The van der Waals surface area contributed by atoms with Crippen LogP contribution in [-0.2, 0) is 0 Å². The number of nitrogens with one attached hydrogen (secondary N) is 2. The summed E-state index contributed by atoms with van der Waals surface area (Å²) in [7, 11) is 0. The van der Waals surface area contributed by atoms with Crippen molar-refractivity contribution in [2.24, 2.45) is 0 Å². The van der Waals surface area contributed by atoms with Crippen molar-refractivity contribution in [3.8, 4) is 0 Å². The van der Waals surface area contributed by atoms with Gasteiger partial charge in [0.05, 0.1) is 10.4 Å². The molecule has 0 saturated heterocycles. The predicted octanol–water partition coefficient (Wildman–Crippen LogP) is 3.80. The lowest BCUT2D eigenvalue weighted by molar-refractivity contribution is -0.383. The first-order valence-electron chi connectivity index (χ1n) is 7.11. The molecule has 3 aromatic rings. The fraction of sp³-hybridized carbons (Fsp3) is 0.118. The maximum absolute atomic E-state index is 12.4. The van der Waals surface area contributed by atoms with Crippen LogP contribution in [-0.4, -0.2) is 9.91 Å². The van der Waals surface area contributed by atoms with Crippen LogP contribution in [0.15, 0.2) is 47.3 Å². The number of nitrogens with zero attached hydrogens (tertiary/aromatic N) is 1. The molecule has 0 unspecified atom stereocenters. The molecule has 2 N–H and O–H groups in total. The molecule has 0 fully saturated rings. The van der Waals surface area contributed by atoms with E-state index in [-0.39, 0.29) is 16.9 Å². The molecule has 1 aromatic heterocycles. The molecule has 0 atom stereocenters. The predicted molar refractivity (Wildman–Crippen MR) is 90.4 cm³/mol. The second-order valence-corrected chi connectivity index (χ2v) is 5.35. The quantitative estimate of drug-likeness (QED) is 0.569. The van der Waals surface area contributed by atoms with Crippen LogP contribution < -0.4 is 10.9 Å². The average molecular weight is 309 g/mol. The van der Waals surface area contributed by atoms with Gasteiger partial charge in [0.15, 0.2) is 0 Å². The summed E-state index contributed by atoms with van der Waals surface area (Å²) in [4.78, 5) is 25.9. The summed E-state index contributed by atoms with van der Waals surface area (Å²) < 4.78 is 0. The zero-order valence-corrected chi connectivity index (χ0v) is 12.7. The first-order valence-corrected chi connectivity index (χ1v) is 7.11. The Morgan fingerprint density at radius 1 is 1.09 bits per heavy atom. The van der Waals surface area contributed by atoms with Crippen LogP contribution in [0.3, 0.4) is 0 Å². The summed E-state index contributed by atoms with van der Waals surface area (Å²) in [5, 5.41) is 14.9. The lowest BCUT2D eigenvalue weighted by Crippen LogP contribution is -2.14. The number of anilines is 2. The minimum Gasteiger partial charge on any atom is -0.345 e. The Kier molecular flexibility index (Phi) is 3.57. The molecule has 0 radical (unpaired) electrons. The highest BCUT2D eigenvalue weighted by Gasteiger charge is 2.16. The van der Waals surface area contributed by atoms with Crippen LogP contribution in [0.5, 0.6) is 0 Å². The SMILES string of the molecule is Cc1c(Nc2ccccc2[N+](=O)[O-])c(=O)[nH]c2c(C)cccc12.